The van der Waals surface area contributed by atoms with Crippen molar-refractivity contribution in [1.29, 1.82) is 0 Å². The van der Waals surface area contributed by atoms with Crippen LogP contribution in [-0.4, -0.2) is 35.4 Å². The number of hydrogen-bond donors (Lipinski definition) is 1. The number of benzene rings is 2. The van der Waals surface area contributed by atoms with Gasteiger partial charge in [0.1, 0.15) is 11.8 Å². The summed E-state index contributed by atoms with van der Waals surface area (Å²) in [4.78, 5) is 27.0. The van der Waals surface area contributed by atoms with Gasteiger partial charge in [-0.05, 0) is 63.4 Å². The Balaban J connectivity index is 2.13. The fourth-order valence-corrected chi connectivity index (χ4v) is 2.80. The maximum absolute atomic E-state index is 12.9. The van der Waals surface area contributed by atoms with Crippen molar-refractivity contribution >= 4 is 11.8 Å². The molecule has 2 amide bonds. The van der Waals surface area contributed by atoms with E-state index in [4.69, 9.17) is 4.74 Å². The van der Waals surface area contributed by atoms with Crippen molar-refractivity contribution in [3.63, 3.8) is 0 Å². The summed E-state index contributed by atoms with van der Waals surface area (Å²) in [6.07, 6.45) is 0. The zero-order valence-corrected chi connectivity index (χ0v) is 17.4. The lowest BCUT2D eigenvalue weighted by molar-refractivity contribution is -0.142. The first-order chi connectivity index (χ1) is 13.3. The lowest BCUT2D eigenvalue weighted by Crippen LogP contribution is -2.50. The van der Waals surface area contributed by atoms with Crippen molar-refractivity contribution in [3.05, 3.63) is 65.2 Å². The van der Waals surface area contributed by atoms with Crippen LogP contribution in [0.3, 0.4) is 0 Å². The van der Waals surface area contributed by atoms with Crippen molar-refractivity contribution in [2.24, 2.45) is 0 Å². The molecule has 0 unspecified atom stereocenters. The van der Waals surface area contributed by atoms with Crippen molar-refractivity contribution in [2.75, 3.05) is 6.61 Å². The number of nitrogens with one attached hydrogen (secondary N) is 1. The fraction of sp³-hybridized carbons (Fsp3) is 0.391. The Hall–Kier alpha value is -2.82. The van der Waals surface area contributed by atoms with Gasteiger partial charge in [-0.2, -0.15) is 0 Å². The van der Waals surface area contributed by atoms with Crippen LogP contribution in [0.25, 0.3) is 0 Å². The van der Waals surface area contributed by atoms with E-state index in [-0.39, 0.29) is 24.5 Å². The molecule has 150 valence electrons. The molecule has 5 nitrogen and oxygen atoms in total. The van der Waals surface area contributed by atoms with Gasteiger partial charge in [0.2, 0.25) is 5.91 Å². The van der Waals surface area contributed by atoms with E-state index in [1.54, 1.807) is 11.8 Å². The minimum atomic E-state index is -0.599. The van der Waals surface area contributed by atoms with Crippen molar-refractivity contribution in [3.8, 4) is 5.75 Å². The van der Waals surface area contributed by atoms with Crippen LogP contribution in [0.15, 0.2) is 48.5 Å². The molecule has 1 N–H and O–H groups in total. The molecule has 2 rings (SSSR count). The Kier molecular flexibility index (Phi) is 7.61. The third kappa shape index (κ3) is 6.12. The predicted molar refractivity (Wildman–Crippen MR) is 111 cm³/mol. The molecule has 0 spiro atoms. The Morgan fingerprint density at radius 3 is 2.29 bits per heavy atom. The largest absolute Gasteiger partial charge is 0.484 e. The highest BCUT2D eigenvalue weighted by atomic mass is 16.5. The number of amides is 2. The zero-order valence-electron chi connectivity index (χ0n) is 17.4. The van der Waals surface area contributed by atoms with Crippen LogP contribution in [0.4, 0.5) is 0 Å². The maximum Gasteiger partial charge on any atom is 0.261 e. The smallest absolute Gasteiger partial charge is 0.261 e. The van der Waals surface area contributed by atoms with Gasteiger partial charge in [0.05, 0.1) is 0 Å². The molecule has 0 fully saturated rings. The summed E-state index contributed by atoms with van der Waals surface area (Å²) in [5.74, 6) is 0.245. The average Bonchev–Trinajstić information content (AvgIpc) is 2.66. The number of carbonyl (C=O) groups is 2. The Bertz CT molecular complexity index is 803. The highest BCUT2D eigenvalue weighted by Gasteiger charge is 2.26. The van der Waals surface area contributed by atoms with Crippen LogP contribution in [0.1, 0.15) is 37.5 Å². The normalized spacial score (nSPS) is 11.8. The number of ether oxygens (including phenoxy) is 1. The standard InChI is InChI=1S/C23H30N2O3/c1-16(2)24-23(27)19(5)25(14-20-9-7-6-8-10-20)22(26)15-28-21-12-11-17(3)18(4)13-21/h6-13,16,19H,14-15H2,1-5H3,(H,24,27)/t19-/m0/s1. The molecule has 1 atom stereocenters. The van der Waals surface area contributed by atoms with Crippen LogP contribution in [-0.2, 0) is 16.1 Å². The van der Waals surface area contributed by atoms with Crippen LogP contribution in [0, 0.1) is 13.8 Å². The Labute approximate surface area is 167 Å². The molecule has 0 heterocycles. The molecule has 2 aromatic carbocycles. The van der Waals surface area contributed by atoms with E-state index < -0.39 is 6.04 Å². The molecule has 0 saturated carbocycles. The quantitative estimate of drug-likeness (QED) is 0.759. The van der Waals surface area contributed by atoms with Gasteiger partial charge in [-0.1, -0.05) is 36.4 Å². The van der Waals surface area contributed by atoms with Crippen LogP contribution >= 0.6 is 0 Å². The molecule has 0 saturated heterocycles. The first kappa shape index (κ1) is 21.5. The summed E-state index contributed by atoms with van der Waals surface area (Å²) in [6, 6.07) is 14.8. The van der Waals surface area contributed by atoms with E-state index in [2.05, 4.69) is 5.32 Å². The zero-order chi connectivity index (χ0) is 20.7. The van der Waals surface area contributed by atoms with Gasteiger partial charge in [0.25, 0.3) is 5.91 Å². The van der Waals surface area contributed by atoms with E-state index in [0.29, 0.717) is 12.3 Å². The van der Waals surface area contributed by atoms with Gasteiger partial charge in [0, 0.05) is 12.6 Å². The SMILES string of the molecule is Cc1ccc(OCC(=O)N(Cc2ccccc2)[C@@H](C)C(=O)NC(C)C)cc1C. The average molecular weight is 383 g/mol. The molecule has 0 aliphatic rings. The number of aryl methyl sites for hydroxylation is 2. The van der Waals surface area contributed by atoms with E-state index >= 15 is 0 Å². The summed E-state index contributed by atoms with van der Waals surface area (Å²) in [7, 11) is 0. The molecule has 0 aliphatic heterocycles. The van der Waals surface area contributed by atoms with E-state index in [9.17, 15) is 9.59 Å². The number of nitrogens with zero attached hydrogens (tertiary/aromatic N) is 1. The predicted octanol–water partition coefficient (Wildman–Crippen LogP) is 3.62. The monoisotopic (exact) mass is 382 g/mol. The lowest BCUT2D eigenvalue weighted by atomic mass is 10.1. The molecule has 28 heavy (non-hydrogen) atoms. The summed E-state index contributed by atoms with van der Waals surface area (Å²) in [5, 5.41) is 2.88. The van der Waals surface area contributed by atoms with Crippen molar-refractivity contribution in [1.82, 2.24) is 10.2 Å². The summed E-state index contributed by atoms with van der Waals surface area (Å²) in [5.41, 5.74) is 3.24. The third-order valence-corrected chi connectivity index (χ3v) is 4.63. The second-order valence-electron chi connectivity index (χ2n) is 7.38. The molecule has 0 radical (unpaired) electrons. The van der Waals surface area contributed by atoms with Gasteiger partial charge in [0.15, 0.2) is 6.61 Å². The minimum absolute atomic E-state index is 0.00964. The van der Waals surface area contributed by atoms with E-state index in [1.165, 1.54) is 5.56 Å². The van der Waals surface area contributed by atoms with E-state index in [0.717, 1.165) is 11.1 Å². The molecule has 0 bridgehead atoms. The molecule has 2 aromatic rings. The van der Waals surface area contributed by atoms with Gasteiger partial charge in [-0.3, -0.25) is 9.59 Å². The Morgan fingerprint density at radius 2 is 1.68 bits per heavy atom. The van der Waals surface area contributed by atoms with Crippen molar-refractivity contribution < 1.29 is 14.3 Å². The number of rotatable bonds is 8. The first-order valence-electron chi connectivity index (χ1n) is 9.61. The van der Waals surface area contributed by atoms with Crippen LogP contribution in [0.2, 0.25) is 0 Å². The highest BCUT2D eigenvalue weighted by molar-refractivity contribution is 5.88. The summed E-state index contributed by atoms with van der Waals surface area (Å²) >= 11 is 0. The number of carbonyl (C=O) groups excluding carboxylic acids is 2. The van der Waals surface area contributed by atoms with Crippen molar-refractivity contribution in [2.45, 2.75) is 53.2 Å². The van der Waals surface area contributed by atoms with Gasteiger partial charge in [-0.25, -0.2) is 0 Å². The van der Waals surface area contributed by atoms with Gasteiger partial charge >= 0.3 is 0 Å². The summed E-state index contributed by atoms with van der Waals surface area (Å²) in [6.45, 7) is 9.81. The summed E-state index contributed by atoms with van der Waals surface area (Å²) < 4.78 is 5.71. The molecular weight excluding hydrogens is 352 g/mol. The number of hydrogen-bond acceptors (Lipinski definition) is 3. The van der Waals surface area contributed by atoms with Gasteiger partial charge < -0.3 is 15.0 Å². The van der Waals surface area contributed by atoms with E-state index in [1.807, 2.05) is 76.2 Å². The minimum Gasteiger partial charge on any atom is -0.484 e. The Morgan fingerprint density at radius 1 is 1.00 bits per heavy atom. The fourth-order valence-electron chi connectivity index (χ4n) is 2.80. The molecule has 0 aromatic heterocycles. The first-order valence-corrected chi connectivity index (χ1v) is 9.61. The molecular formula is C23H30N2O3. The highest BCUT2D eigenvalue weighted by Crippen LogP contribution is 2.17. The van der Waals surface area contributed by atoms with Gasteiger partial charge in [-0.15, -0.1) is 0 Å². The lowest BCUT2D eigenvalue weighted by Gasteiger charge is -2.29. The third-order valence-electron chi connectivity index (χ3n) is 4.63. The molecule has 0 aliphatic carbocycles. The maximum atomic E-state index is 12.9. The second-order valence-corrected chi connectivity index (χ2v) is 7.38. The van der Waals surface area contributed by atoms with Crippen LogP contribution in [0.5, 0.6) is 5.75 Å². The second kappa shape index (κ2) is 9.93. The van der Waals surface area contributed by atoms with Crippen LogP contribution < -0.4 is 10.1 Å². The molecule has 5 heteroatoms. The topological polar surface area (TPSA) is 58.6 Å².